The van der Waals surface area contributed by atoms with Gasteiger partial charge in [-0.15, -0.1) is 0 Å². The molecule has 1 heterocycles. The number of phenols is 1. The van der Waals surface area contributed by atoms with E-state index in [2.05, 4.69) is 22.5 Å². The van der Waals surface area contributed by atoms with Crippen molar-refractivity contribution in [3.63, 3.8) is 0 Å². The van der Waals surface area contributed by atoms with Gasteiger partial charge < -0.3 is 15.7 Å². The van der Waals surface area contributed by atoms with Gasteiger partial charge in [-0.05, 0) is 12.5 Å². The number of carbonyl (C=O) groups excluding carboxylic acids is 1. The van der Waals surface area contributed by atoms with E-state index in [1.54, 1.807) is 6.20 Å². The Morgan fingerprint density at radius 3 is 2.71 bits per heavy atom. The van der Waals surface area contributed by atoms with Gasteiger partial charge in [0.1, 0.15) is 11.3 Å². The number of nitrogens with zero attached hydrogens (tertiary/aromatic N) is 1. The van der Waals surface area contributed by atoms with Crippen molar-refractivity contribution in [2.75, 3.05) is 6.54 Å². The van der Waals surface area contributed by atoms with Crippen molar-refractivity contribution in [3.8, 4) is 5.75 Å². The molecular weight excluding hydrogens is 302 g/mol. The minimum absolute atomic E-state index is 0.129. The lowest BCUT2D eigenvalue weighted by Gasteiger charge is -2.10. The Hall–Kier alpha value is -2.30. The lowest BCUT2D eigenvalue weighted by atomic mass is 10.1. The first-order valence-electron chi connectivity index (χ1n) is 8.79. The summed E-state index contributed by atoms with van der Waals surface area (Å²) in [5.74, 6) is 0.129. The van der Waals surface area contributed by atoms with Gasteiger partial charge in [0.25, 0.3) is 0 Å². The van der Waals surface area contributed by atoms with E-state index in [0.717, 1.165) is 18.2 Å². The highest BCUT2D eigenvalue weighted by atomic mass is 16.3. The molecule has 5 heteroatoms. The quantitative estimate of drug-likeness (QED) is 0.606. The van der Waals surface area contributed by atoms with Gasteiger partial charge in [-0.2, -0.15) is 0 Å². The number of hydrogen-bond donors (Lipinski definition) is 3. The highest BCUT2D eigenvalue weighted by molar-refractivity contribution is 5.85. The van der Waals surface area contributed by atoms with Crippen LogP contribution < -0.4 is 10.6 Å². The first-order valence-corrected chi connectivity index (χ1v) is 8.79. The molecule has 0 saturated carbocycles. The normalized spacial score (nSPS) is 10.7. The van der Waals surface area contributed by atoms with E-state index in [4.69, 9.17) is 0 Å². The molecule has 2 rings (SSSR count). The monoisotopic (exact) mass is 329 g/mol. The van der Waals surface area contributed by atoms with Gasteiger partial charge in [0.15, 0.2) is 0 Å². The standard InChI is InChI=1S/C19H27N3O2/c1-2-3-4-5-6-7-12-21-19(24)22-14-16-11-10-15-9-8-13-20-17(15)18(16)23/h8-11,13,23H,2-7,12,14H2,1H3,(H2,21,22,24). The zero-order valence-electron chi connectivity index (χ0n) is 14.3. The predicted molar refractivity (Wildman–Crippen MR) is 97.0 cm³/mol. The van der Waals surface area contributed by atoms with E-state index in [-0.39, 0.29) is 18.3 Å². The topological polar surface area (TPSA) is 74.2 Å². The van der Waals surface area contributed by atoms with Crippen LogP contribution in [0.15, 0.2) is 30.5 Å². The first kappa shape index (κ1) is 18.0. The fourth-order valence-electron chi connectivity index (χ4n) is 2.66. The summed E-state index contributed by atoms with van der Waals surface area (Å²) in [7, 11) is 0. The number of nitrogens with one attached hydrogen (secondary N) is 2. The molecule has 0 spiro atoms. The van der Waals surface area contributed by atoms with Gasteiger partial charge in [0, 0.05) is 30.2 Å². The van der Waals surface area contributed by atoms with Crippen LogP contribution in [0.1, 0.15) is 51.0 Å². The smallest absolute Gasteiger partial charge is 0.315 e. The molecule has 24 heavy (non-hydrogen) atoms. The van der Waals surface area contributed by atoms with E-state index in [1.807, 2.05) is 24.3 Å². The molecule has 0 fully saturated rings. The Kier molecular flexibility index (Phi) is 7.33. The van der Waals surface area contributed by atoms with Crippen molar-refractivity contribution < 1.29 is 9.90 Å². The van der Waals surface area contributed by atoms with Gasteiger partial charge in [-0.3, -0.25) is 4.98 Å². The molecular formula is C19H27N3O2. The summed E-state index contributed by atoms with van der Waals surface area (Å²) in [5.41, 5.74) is 1.22. The van der Waals surface area contributed by atoms with Crippen molar-refractivity contribution in [1.82, 2.24) is 15.6 Å². The second-order valence-electron chi connectivity index (χ2n) is 6.03. The van der Waals surface area contributed by atoms with Gasteiger partial charge >= 0.3 is 6.03 Å². The molecule has 1 aromatic heterocycles. The Morgan fingerprint density at radius 2 is 1.88 bits per heavy atom. The number of aromatic hydroxyl groups is 1. The van der Waals surface area contributed by atoms with Crippen LogP contribution in [0.2, 0.25) is 0 Å². The second kappa shape index (κ2) is 9.75. The van der Waals surface area contributed by atoms with E-state index >= 15 is 0 Å². The van der Waals surface area contributed by atoms with Gasteiger partial charge in [-0.25, -0.2) is 4.79 Å². The minimum Gasteiger partial charge on any atom is -0.505 e. The maximum Gasteiger partial charge on any atom is 0.315 e. The van der Waals surface area contributed by atoms with Crippen molar-refractivity contribution >= 4 is 16.9 Å². The van der Waals surface area contributed by atoms with Crippen molar-refractivity contribution in [2.24, 2.45) is 0 Å². The van der Waals surface area contributed by atoms with E-state index in [9.17, 15) is 9.90 Å². The van der Waals surface area contributed by atoms with Crippen LogP contribution in [-0.2, 0) is 6.54 Å². The maximum absolute atomic E-state index is 11.8. The SMILES string of the molecule is CCCCCCCCNC(=O)NCc1ccc2cccnc2c1O. The van der Waals surface area contributed by atoms with Crippen LogP contribution in [-0.4, -0.2) is 22.7 Å². The van der Waals surface area contributed by atoms with Crippen LogP contribution in [0, 0.1) is 0 Å². The van der Waals surface area contributed by atoms with Gasteiger partial charge in [0.05, 0.1) is 0 Å². The van der Waals surface area contributed by atoms with Crippen molar-refractivity contribution in [2.45, 2.75) is 52.0 Å². The molecule has 5 nitrogen and oxygen atoms in total. The molecule has 0 radical (unpaired) electrons. The number of urea groups is 1. The fraction of sp³-hybridized carbons (Fsp3) is 0.474. The Morgan fingerprint density at radius 1 is 1.08 bits per heavy atom. The number of phenolic OH excluding ortho intramolecular Hbond substituents is 1. The molecule has 0 atom stereocenters. The number of pyridine rings is 1. The van der Waals surface area contributed by atoms with Crippen LogP contribution >= 0.6 is 0 Å². The molecule has 130 valence electrons. The van der Waals surface area contributed by atoms with E-state index in [0.29, 0.717) is 17.6 Å². The number of fused-ring (bicyclic) bond motifs is 1. The summed E-state index contributed by atoms with van der Waals surface area (Å²) in [5, 5.41) is 16.8. The van der Waals surface area contributed by atoms with E-state index in [1.165, 1.54) is 25.7 Å². The molecule has 0 aliphatic rings. The average Bonchev–Trinajstić information content (AvgIpc) is 2.60. The summed E-state index contributed by atoms with van der Waals surface area (Å²) in [6, 6.07) is 7.23. The molecule has 2 amide bonds. The zero-order chi connectivity index (χ0) is 17.2. The number of rotatable bonds is 9. The summed E-state index contributed by atoms with van der Waals surface area (Å²) in [6.07, 6.45) is 8.84. The Labute approximate surface area is 143 Å². The third-order valence-corrected chi connectivity index (χ3v) is 4.09. The molecule has 3 N–H and O–H groups in total. The lowest BCUT2D eigenvalue weighted by Crippen LogP contribution is -2.35. The Bertz CT molecular complexity index is 658. The predicted octanol–water partition coefficient (Wildman–Crippen LogP) is 4.10. The zero-order valence-corrected chi connectivity index (χ0v) is 14.3. The minimum atomic E-state index is -0.205. The largest absolute Gasteiger partial charge is 0.505 e. The number of unbranched alkanes of at least 4 members (excludes halogenated alkanes) is 5. The fourth-order valence-corrected chi connectivity index (χ4v) is 2.66. The molecule has 1 aromatic carbocycles. The highest BCUT2D eigenvalue weighted by Crippen LogP contribution is 2.26. The molecule has 0 saturated heterocycles. The van der Waals surface area contributed by atoms with Crippen LogP contribution in [0.4, 0.5) is 4.79 Å². The van der Waals surface area contributed by atoms with Crippen LogP contribution in [0.25, 0.3) is 10.9 Å². The number of hydrogen-bond acceptors (Lipinski definition) is 3. The summed E-state index contributed by atoms with van der Waals surface area (Å²) in [6.45, 7) is 3.17. The maximum atomic E-state index is 11.8. The molecule has 0 aliphatic heterocycles. The summed E-state index contributed by atoms with van der Waals surface area (Å²) < 4.78 is 0. The Balaban J connectivity index is 1.71. The second-order valence-corrected chi connectivity index (χ2v) is 6.03. The summed E-state index contributed by atoms with van der Waals surface area (Å²) >= 11 is 0. The highest BCUT2D eigenvalue weighted by Gasteiger charge is 2.08. The van der Waals surface area contributed by atoms with Gasteiger partial charge in [0.2, 0.25) is 0 Å². The third-order valence-electron chi connectivity index (χ3n) is 4.09. The molecule has 0 bridgehead atoms. The lowest BCUT2D eigenvalue weighted by molar-refractivity contribution is 0.240. The van der Waals surface area contributed by atoms with Crippen LogP contribution in [0.3, 0.4) is 0 Å². The van der Waals surface area contributed by atoms with Crippen molar-refractivity contribution in [1.29, 1.82) is 0 Å². The van der Waals surface area contributed by atoms with Crippen molar-refractivity contribution in [3.05, 3.63) is 36.0 Å². The van der Waals surface area contributed by atoms with E-state index < -0.39 is 0 Å². The van der Waals surface area contributed by atoms with Gasteiger partial charge in [-0.1, -0.05) is 57.2 Å². The number of benzene rings is 1. The first-order chi connectivity index (χ1) is 11.7. The number of amides is 2. The summed E-state index contributed by atoms with van der Waals surface area (Å²) in [4.78, 5) is 16.0. The molecule has 0 unspecified atom stereocenters. The average molecular weight is 329 g/mol. The molecule has 2 aromatic rings. The third kappa shape index (κ3) is 5.41. The number of aromatic nitrogens is 1. The van der Waals surface area contributed by atoms with Crippen LogP contribution in [0.5, 0.6) is 5.75 Å². The molecule has 0 aliphatic carbocycles. The number of carbonyl (C=O) groups is 1.